The number of benzene rings is 1. The summed E-state index contributed by atoms with van der Waals surface area (Å²) in [5.74, 6) is -0.255. The summed E-state index contributed by atoms with van der Waals surface area (Å²) in [5.41, 5.74) is 1.71. The number of rotatable bonds is 2. The van der Waals surface area contributed by atoms with E-state index in [0.717, 1.165) is 21.1 Å². The Morgan fingerprint density at radius 2 is 2.00 bits per heavy atom. The van der Waals surface area contributed by atoms with Crippen LogP contribution < -0.4 is 0 Å². The summed E-state index contributed by atoms with van der Waals surface area (Å²) in [4.78, 5) is 5.17. The molecule has 2 nitrogen and oxygen atoms in total. The van der Waals surface area contributed by atoms with E-state index in [9.17, 15) is 4.39 Å². The molecule has 0 radical (unpaired) electrons. The quantitative estimate of drug-likeness (QED) is 0.849. The van der Waals surface area contributed by atoms with Gasteiger partial charge in [0.2, 0.25) is 0 Å². The van der Waals surface area contributed by atoms with Crippen molar-refractivity contribution in [2.24, 2.45) is 0 Å². The molecule has 1 N–H and O–H groups in total. The molecule has 1 aromatic heterocycles. The molecule has 2 aromatic rings. The summed E-state index contributed by atoms with van der Waals surface area (Å²) in [6, 6.07) is 6.19. The molecule has 1 heterocycles. The van der Waals surface area contributed by atoms with E-state index in [1.807, 2.05) is 6.92 Å². The van der Waals surface area contributed by atoms with Gasteiger partial charge in [-0.15, -0.1) is 11.3 Å². The van der Waals surface area contributed by atoms with Crippen LogP contribution in [0.15, 0.2) is 24.3 Å². The first-order valence-corrected chi connectivity index (χ1v) is 5.35. The Morgan fingerprint density at radius 3 is 2.53 bits per heavy atom. The van der Waals surface area contributed by atoms with Crippen molar-refractivity contribution in [1.82, 2.24) is 4.98 Å². The van der Waals surface area contributed by atoms with E-state index in [4.69, 9.17) is 5.11 Å². The van der Waals surface area contributed by atoms with Gasteiger partial charge < -0.3 is 5.11 Å². The van der Waals surface area contributed by atoms with Crippen molar-refractivity contribution >= 4 is 11.3 Å². The monoisotopic (exact) mass is 223 g/mol. The fourth-order valence-electron chi connectivity index (χ4n) is 1.29. The van der Waals surface area contributed by atoms with E-state index in [2.05, 4.69) is 4.98 Å². The summed E-state index contributed by atoms with van der Waals surface area (Å²) in [5, 5.41) is 9.85. The molecule has 0 saturated carbocycles. The van der Waals surface area contributed by atoms with Gasteiger partial charge in [-0.2, -0.15) is 0 Å². The van der Waals surface area contributed by atoms with Crippen LogP contribution in [0, 0.1) is 12.7 Å². The topological polar surface area (TPSA) is 33.1 Å². The summed E-state index contributed by atoms with van der Waals surface area (Å²) < 4.78 is 12.7. The summed E-state index contributed by atoms with van der Waals surface area (Å²) >= 11 is 1.43. The number of thiazole rings is 1. The number of aryl methyl sites for hydroxylation is 1. The standard InChI is InChI=1S/C11H10FNOS/c1-7-10(6-14)15-11(13-7)8-2-4-9(12)5-3-8/h2-5,14H,6H2,1H3. The van der Waals surface area contributed by atoms with Gasteiger partial charge in [-0.1, -0.05) is 0 Å². The Morgan fingerprint density at radius 1 is 1.33 bits per heavy atom. The Balaban J connectivity index is 2.41. The molecular formula is C11H10FNOS. The lowest BCUT2D eigenvalue weighted by atomic mass is 10.2. The minimum Gasteiger partial charge on any atom is -0.391 e. The van der Waals surface area contributed by atoms with Crippen molar-refractivity contribution in [2.75, 3.05) is 0 Å². The maximum Gasteiger partial charge on any atom is 0.123 e. The highest BCUT2D eigenvalue weighted by molar-refractivity contribution is 7.15. The van der Waals surface area contributed by atoms with Gasteiger partial charge in [-0.25, -0.2) is 9.37 Å². The number of aliphatic hydroxyl groups is 1. The minimum atomic E-state index is -0.255. The van der Waals surface area contributed by atoms with Gasteiger partial charge in [0.15, 0.2) is 0 Å². The minimum absolute atomic E-state index is 0.00466. The second kappa shape index (κ2) is 4.08. The highest BCUT2D eigenvalue weighted by Crippen LogP contribution is 2.27. The molecule has 0 aliphatic carbocycles. The SMILES string of the molecule is Cc1nc(-c2ccc(F)cc2)sc1CO. The summed E-state index contributed by atoms with van der Waals surface area (Å²) in [6.07, 6.45) is 0. The first-order valence-electron chi connectivity index (χ1n) is 4.54. The fraction of sp³-hybridized carbons (Fsp3) is 0.182. The maximum absolute atomic E-state index is 12.7. The Kier molecular flexibility index (Phi) is 2.79. The third-order valence-corrected chi connectivity index (χ3v) is 3.32. The number of aliphatic hydroxyl groups excluding tert-OH is 1. The molecule has 0 bridgehead atoms. The zero-order valence-corrected chi connectivity index (χ0v) is 9.01. The van der Waals surface area contributed by atoms with Crippen molar-refractivity contribution < 1.29 is 9.50 Å². The third-order valence-electron chi connectivity index (χ3n) is 2.13. The molecule has 15 heavy (non-hydrogen) atoms. The van der Waals surface area contributed by atoms with Crippen molar-refractivity contribution in [3.63, 3.8) is 0 Å². The van der Waals surface area contributed by atoms with Crippen LogP contribution in [0.25, 0.3) is 10.6 Å². The van der Waals surface area contributed by atoms with E-state index in [0.29, 0.717) is 0 Å². The molecule has 4 heteroatoms. The van der Waals surface area contributed by atoms with Gasteiger partial charge in [0.1, 0.15) is 10.8 Å². The molecule has 2 rings (SSSR count). The Hall–Kier alpha value is -1.26. The fourth-order valence-corrected chi connectivity index (χ4v) is 2.22. The predicted octanol–water partition coefficient (Wildman–Crippen LogP) is 2.75. The normalized spacial score (nSPS) is 10.6. The van der Waals surface area contributed by atoms with Crippen LogP contribution in [-0.2, 0) is 6.61 Å². The van der Waals surface area contributed by atoms with Gasteiger partial charge in [0.05, 0.1) is 17.2 Å². The van der Waals surface area contributed by atoms with Gasteiger partial charge >= 0.3 is 0 Å². The highest BCUT2D eigenvalue weighted by atomic mass is 32.1. The first kappa shape index (κ1) is 10.3. The van der Waals surface area contributed by atoms with E-state index < -0.39 is 0 Å². The number of aromatic nitrogens is 1. The van der Waals surface area contributed by atoms with Gasteiger partial charge in [-0.3, -0.25) is 0 Å². The molecule has 0 fully saturated rings. The number of hydrogen-bond donors (Lipinski definition) is 1. The molecule has 0 spiro atoms. The second-order valence-electron chi connectivity index (χ2n) is 3.19. The lowest BCUT2D eigenvalue weighted by Crippen LogP contribution is -1.81. The number of hydrogen-bond acceptors (Lipinski definition) is 3. The zero-order chi connectivity index (χ0) is 10.8. The Labute approximate surface area is 91.0 Å². The average molecular weight is 223 g/mol. The molecule has 0 aliphatic heterocycles. The lowest BCUT2D eigenvalue weighted by molar-refractivity contribution is 0.284. The van der Waals surface area contributed by atoms with Crippen molar-refractivity contribution in [3.8, 4) is 10.6 Å². The third kappa shape index (κ3) is 2.06. The maximum atomic E-state index is 12.7. The van der Waals surface area contributed by atoms with Crippen LogP contribution in [0.2, 0.25) is 0 Å². The molecule has 0 unspecified atom stereocenters. The molecule has 0 saturated heterocycles. The summed E-state index contributed by atoms with van der Waals surface area (Å²) in [6.45, 7) is 1.86. The molecule has 0 atom stereocenters. The second-order valence-corrected chi connectivity index (χ2v) is 4.28. The van der Waals surface area contributed by atoms with Crippen LogP contribution in [0.5, 0.6) is 0 Å². The molecule has 0 aliphatic rings. The first-order chi connectivity index (χ1) is 7.20. The predicted molar refractivity (Wildman–Crippen MR) is 58.2 cm³/mol. The van der Waals surface area contributed by atoms with Gasteiger partial charge in [-0.05, 0) is 31.2 Å². The van der Waals surface area contributed by atoms with E-state index >= 15 is 0 Å². The van der Waals surface area contributed by atoms with Crippen LogP contribution in [-0.4, -0.2) is 10.1 Å². The van der Waals surface area contributed by atoms with Gasteiger partial charge in [0, 0.05) is 5.56 Å². The van der Waals surface area contributed by atoms with Crippen LogP contribution in [0.1, 0.15) is 10.6 Å². The number of nitrogens with zero attached hydrogens (tertiary/aromatic N) is 1. The number of halogens is 1. The largest absolute Gasteiger partial charge is 0.391 e. The smallest absolute Gasteiger partial charge is 0.123 e. The molecule has 1 aromatic carbocycles. The van der Waals surface area contributed by atoms with Crippen LogP contribution >= 0.6 is 11.3 Å². The Bertz CT molecular complexity index is 464. The molecule has 78 valence electrons. The summed E-state index contributed by atoms with van der Waals surface area (Å²) in [7, 11) is 0. The average Bonchev–Trinajstić information content (AvgIpc) is 2.61. The van der Waals surface area contributed by atoms with E-state index in [1.54, 1.807) is 12.1 Å². The van der Waals surface area contributed by atoms with Crippen LogP contribution in [0.4, 0.5) is 4.39 Å². The van der Waals surface area contributed by atoms with E-state index in [-0.39, 0.29) is 12.4 Å². The van der Waals surface area contributed by atoms with E-state index in [1.165, 1.54) is 23.5 Å². The zero-order valence-electron chi connectivity index (χ0n) is 8.20. The highest BCUT2D eigenvalue weighted by Gasteiger charge is 2.08. The van der Waals surface area contributed by atoms with Crippen molar-refractivity contribution in [2.45, 2.75) is 13.5 Å². The van der Waals surface area contributed by atoms with Gasteiger partial charge in [0.25, 0.3) is 0 Å². The van der Waals surface area contributed by atoms with Crippen LogP contribution in [0.3, 0.4) is 0 Å². The lowest BCUT2D eigenvalue weighted by Gasteiger charge is -1.94. The molecular weight excluding hydrogens is 213 g/mol. The molecule has 0 amide bonds. The van der Waals surface area contributed by atoms with Crippen molar-refractivity contribution in [1.29, 1.82) is 0 Å². The van der Waals surface area contributed by atoms with Crippen molar-refractivity contribution in [3.05, 3.63) is 40.7 Å².